The van der Waals surface area contributed by atoms with Gasteiger partial charge in [-0.15, -0.1) is 0 Å². The van der Waals surface area contributed by atoms with Crippen LogP contribution in [0.25, 0.3) is 0 Å². The number of carbonyl (C=O) groups is 1. The minimum Gasteiger partial charge on any atom is -0.466 e. The maximum atomic E-state index is 12.7. The second kappa shape index (κ2) is 7.94. The lowest BCUT2D eigenvalue weighted by atomic mass is 9.78. The summed E-state index contributed by atoms with van der Waals surface area (Å²) in [6.45, 7) is 7.10. The average Bonchev–Trinajstić information content (AvgIpc) is 2.52. The molecule has 6 nitrogen and oxygen atoms in total. The summed E-state index contributed by atoms with van der Waals surface area (Å²) >= 11 is 0. The second-order valence-electron chi connectivity index (χ2n) is 6.95. The number of nitrogens with zero attached hydrogens (tertiary/aromatic N) is 1. The molecule has 7 heteroatoms. The van der Waals surface area contributed by atoms with Crippen molar-refractivity contribution in [2.75, 3.05) is 19.7 Å². The molecule has 1 saturated carbocycles. The normalized spacial score (nSPS) is 33.3. The van der Waals surface area contributed by atoms with Gasteiger partial charge in [0.1, 0.15) is 0 Å². The molecule has 1 saturated heterocycles. The first kappa shape index (κ1) is 18.7. The fourth-order valence-corrected chi connectivity index (χ4v) is 5.24. The molecular weight excluding hydrogens is 316 g/mol. The van der Waals surface area contributed by atoms with Gasteiger partial charge in [0.2, 0.25) is 0 Å². The summed E-state index contributed by atoms with van der Waals surface area (Å²) < 4.78 is 34.7. The van der Waals surface area contributed by atoms with E-state index in [1.807, 2.05) is 0 Å². The summed E-state index contributed by atoms with van der Waals surface area (Å²) in [6.07, 6.45) is 4.50. The predicted molar refractivity (Wildman–Crippen MR) is 89.0 cm³/mol. The summed E-state index contributed by atoms with van der Waals surface area (Å²) in [6, 6.07) is -0.00767. The van der Waals surface area contributed by atoms with Crippen molar-refractivity contribution in [2.45, 2.75) is 58.9 Å². The van der Waals surface area contributed by atoms with Gasteiger partial charge in [-0.2, -0.15) is 17.4 Å². The quantitative estimate of drug-likeness (QED) is 0.772. The third kappa shape index (κ3) is 4.67. The van der Waals surface area contributed by atoms with Crippen LogP contribution in [0, 0.1) is 17.8 Å². The molecule has 0 bridgehead atoms. The molecule has 0 aromatic carbocycles. The highest BCUT2D eigenvalue weighted by Crippen LogP contribution is 2.30. The zero-order chi connectivity index (χ0) is 17.0. The lowest BCUT2D eigenvalue weighted by Gasteiger charge is -2.37. The van der Waals surface area contributed by atoms with Crippen molar-refractivity contribution in [3.63, 3.8) is 0 Å². The SMILES string of the molecule is CCOC(=O)[C@@H]1CCCN(S(=O)(=O)N[C@@H]2CCC[C@@H](C)[C@H]2C)C1. The number of ether oxygens (including phenoxy) is 1. The molecule has 1 aliphatic carbocycles. The van der Waals surface area contributed by atoms with Crippen molar-refractivity contribution in [1.29, 1.82) is 0 Å². The van der Waals surface area contributed by atoms with E-state index in [2.05, 4.69) is 18.6 Å². The molecule has 0 spiro atoms. The Labute approximate surface area is 140 Å². The van der Waals surface area contributed by atoms with Crippen LogP contribution < -0.4 is 4.72 Å². The summed E-state index contributed by atoms with van der Waals surface area (Å²) in [7, 11) is -3.55. The molecule has 134 valence electrons. The van der Waals surface area contributed by atoms with Gasteiger partial charge in [-0.1, -0.05) is 26.7 Å². The number of hydrogen-bond acceptors (Lipinski definition) is 4. The van der Waals surface area contributed by atoms with Crippen LogP contribution in [-0.4, -0.2) is 44.4 Å². The maximum absolute atomic E-state index is 12.7. The summed E-state index contributed by atoms with van der Waals surface area (Å²) in [5.74, 6) is 0.240. The Morgan fingerprint density at radius 2 is 1.96 bits per heavy atom. The van der Waals surface area contributed by atoms with E-state index in [9.17, 15) is 13.2 Å². The van der Waals surface area contributed by atoms with Crippen LogP contribution in [-0.2, 0) is 19.7 Å². The van der Waals surface area contributed by atoms with Crippen molar-refractivity contribution < 1.29 is 17.9 Å². The molecule has 0 aromatic rings. The van der Waals surface area contributed by atoms with Crippen LogP contribution >= 0.6 is 0 Å². The first-order chi connectivity index (χ1) is 10.8. The molecule has 1 aliphatic heterocycles. The van der Waals surface area contributed by atoms with Gasteiger partial charge in [0.25, 0.3) is 10.2 Å². The zero-order valence-electron chi connectivity index (χ0n) is 14.5. The van der Waals surface area contributed by atoms with Gasteiger partial charge < -0.3 is 4.74 Å². The van der Waals surface area contributed by atoms with E-state index in [1.54, 1.807) is 6.92 Å². The Balaban J connectivity index is 1.99. The molecule has 4 atom stereocenters. The van der Waals surface area contributed by atoms with Crippen molar-refractivity contribution in [2.24, 2.45) is 17.8 Å². The summed E-state index contributed by atoms with van der Waals surface area (Å²) in [5.41, 5.74) is 0. The van der Waals surface area contributed by atoms with Gasteiger partial charge in [0, 0.05) is 19.1 Å². The van der Waals surface area contributed by atoms with Crippen LogP contribution in [0.4, 0.5) is 0 Å². The smallest absolute Gasteiger partial charge is 0.310 e. The first-order valence-electron chi connectivity index (χ1n) is 8.79. The Kier molecular flexibility index (Phi) is 6.45. The van der Waals surface area contributed by atoms with Crippen molar-refractivity contribution in [3.05, 3.63) is 0 Å². The van der Waals surface area contributed by atoms with E-state index >= 15 is 0 Å². The molecule has 0 unspecified atom stereocenters. The molecule has 2 aliphatic rings. The minimum absolute atomic E-state index is 0.00767. The number of hydrogen-bond donors (Lipinski definition) is 1. The van der Waals surface area contributed by atoms with Crippen molar-refractivity contribution >= 4 is 16.2 Å². The van der Waals surface area contributed by atoms with E-state index in [1.165, 1.54) is 4.31 Å². The summed E-state index contributed by atoms with van der Waals surface area (Å²) in [5, 5.41) is 0. The predicted octanol–water partition coefficient (Wildman–Crippen LogP) is 1.92. The Bertz CT molecular complexity index is 508. The van der Waals surface area contributed by atoms with E-state index in [4.69, 9.17) is 4.74 Å². The van der Waals surface area contributed by atoms with Crippen molar-refractivity contribution in [1.82, 2.24) is 9.03 Å². The third-order valence-electron chi connectivity index (χ3n) is 5.35. The molecule has 2 fully saturated rings. The molecule has 0 radical (unpaired) electrons. The highest BCUT2D eigenvalue weighted by atomic mass is 32.2. The van der Waals surface area contributed by atoms with Crippen LogP contribution in [0.2, 0.25) is 0 Å². The zero-order valence-corrected chi connectivity index (χ0v) is 15.3. The number of piperidine rings is 1. The van der Waals surface area contributed by atoms with E-state index < -0.39 is 10.2 Å². The first-order valence-corrected chi connectivity index (χ1v) is 10.2. The highest BCUT2D eigenvalue weighted by molar-refractivity contribution is 7.87. The Morgan fingerprint density at radius 3 is 2.65 bits per heavy atom. The standard InChI is InChI=1S/C16H30N2O4S/c1-4-22-16(19)14-8-6-10-18(11-14)23(20,21)17-15-9-5-7-12(2)13(15)3/h12-15,17H,4-11H2,1-3H3/t12-,13-,14-,15-/m1/s1. The highest BCUT2D eigenvalue weighted by Gasteiger charge is 2.36. The Hall–Kier alpha value is -0.660. The molecule has 0 aromatic heterocycles. The number of esters is 1. The van der Waals surface area contributed by atoms with Crippen LogP contribution in [0.5, 0.6) is 0 Å². The van der Waals surface area contributed by atoms with Gasteiger partial charge in [-0.05, 0) is 38.0 Å². The largest absolute Gasteiger partial charge is 0.466 e. The van der Waals surface area contributed by atoms with E-state index in [-0.39, 0.29) is 24.5 Å². The average molecular weight is 346 g/mol. The minimum atomic E-state index is -3.55. The lowest BCUT2D eigenvalue weighted by molar-refractivity contribution is -0.149. The number of carbonyl (C=O) groups excluding carboxylic acids is 1. The molecule has 2 rings (SSSR count). The Morgan fingerprint density at radius 1 is 1.22 bits per heavy atom. The number of rotatable bonds is 5. The van der Waals surface area contributed by atoms with Gasteiger partial charge in [-0.3, -0.25) is 4.79 Å². The van der Waals surface area contributed by atoms with Crippen LogP contribution in [0.15, 0.2) is 0 Å². The number of nitrogens with one attached hydrogen (secondary N) is 1. The third-order valence-corrected chi connectivity index (χ3v) is 6.96. The van der Waals surface area contributed by atoms with Crippen molar-refractivity contribution in [3.8, 4) is 0 Å². The fourth-order valence-electron chi connectivity index (χ4n) is 3.63. The second-order valence-corrected chi connectivity index (χ2v) is 8.65. The molecule has 1 N–H and O–H groups in total. The monoisotopic (exact) mass is 346 g/mol. The van der Waals surface area contributed by atoms with Gasteiger partial charge >= 0.3 is 5.97 Å². The molecular formula is C16H30N2O4S. The van der Waals surface area contributed by atoms with E-state index in [0.717, 1.165) is 19.3 Å². The van der Waals surface area contributed by atoms with Gasteiger partial charge in [-0.25, -0.2) is 0 Å². The lowest BCUT2D eigenvalue weighted by Crippen LogP contribution is -2.52. The molecule has 23 heavy (non-hydrogen) atoms. The summed E-state index contributed by atoms with van der Waals surface area (Å²) in [4.78, 5) is 11.9. The van der Waals surface area contributed by atoms with E-state index in [0.29, 0.717) is 37.8 Å². The fraction of sp³-hybridized carbons (Fsp3) is 0.938. The van der Waals surface area contributed by atoms with Gasteiger partial charge in [0.05, 0.1) is 12.5 Å². The topological polar surface area (TPSA) is 75.7 Å². The molecule has 1 heterocycles. The van der Waals surface area contributed by atoms with Crippen LogP contribution in [0.3, 0.4) is 0 Å². The van der Waals surface area contributed by atoms with Crippen LogP contribution in [0.1, 0.15) is 52.9 Å². The molecule has 0 amide bonds. The maximum Gasteiger partial charge on any atom is 0.310 e. The van der Waals surface area contributed by atoms with Gasteiger partial charge in [0.15, 0.2) is 0 Å².